The Labute approximate surface area is 138 Å². The molecule has 1 aromatic carbocycles. The molecular formula is C18H26N4O. The molecule has 0 bridgehead atoms. The second-order valence-electron chi connectivity index (χ2n) is 6.10. The normalized spacial score (nSPS) is 19.0. The molecule has 0 aliphatic carbocycles. The minimum Gasteiger partial charge on any atom is -0.368 e. The number of hydrogen-bond donors (Lipinski definition) is 1. The lowest BCUT2D eigenvalue weighted by atomic mass is 10.2. The zero-order valence-electron chi connectivity index (χ0n) is 13.7. The van der Waals surface area contributed by atoms with Crippen molar-refractivity contribution >= 4 is 11.7 Å². The van der Waals surface area contributed by atoms with Crippen LogP contribution >= 0.6 is 0 Å². The standard InChI is InChI=1S/C18H26N4O/c23-18(19-9-12-20-10-5-2-6-11-20)22-15-13-21(14-16-22)17-7-3-1-4-8-17/h1-5,7-8H,6,9-16H2,(H,19,23). The van der Waals surface area contributed by atoms with Gasteiger partial charge in [-0.2, -0.15) is 0 Å². The molecule has 5 nitrogen and oxygen atoms in total. The van der Waals surface area contributed by atoms with E-state index in [-0.39, 0.29) is 6.03 Å². The highest BCUT2D eigenvalue weighted by molar-refractivity contribution is 5.74. The van der Waals surface area contributed by atoms with Crippen LogP contribution in [0.15, 0.2) is 42.5 Å². The van der Waals surface area contributed by atoms with Crippen molar-refractivity contribution in [2.45, 2.75) is 6.42 Å². The smallest absolute Gasteiger partial charge is 0.317 e. The lowest BCUT2D eigenvalue weighted by molar-refractivity contribution is 0.192. The van der Waals surface area contributed by atoms with Gasteiger partial charge in [-0.15, -0.1) is 0 Å². The van der Waals surface area contributed by atoms with Gasteiger partial charge in [0, 0.05) is 58.0 Å². The maximum atomic E-state index is 12.2. The van der Waals surface area contributed by atoms with Crippen molar-refractivity contribution in [3.8, 4) is 0 Å². The quantitative estimate of drug-likeness (QED) is 0.861. The number of amides is 2. The van der Waals surface area contributed by atoms with Crippen molar-refractivity contribution in [3.63, 3.8) is 0 Å². The molecule has 124 valence electrons. The summed E-state index contributed by atoms with van der Waals surface area (Å²) in [5.74, 6) is 0. The number of piperazine rings is 1. The van der Waals surface area contributed by atoms with E-state index in [0.29, 0.717) is 0 Å². The molecule has 1 saturated heterocycles. The van der Waals surface area contributed by atoms with Crippen LogP contribution in [0.4, 0.5) is 10.5 Å². The van der Waals surface area contributed by atoms with E-state index in [4.69, 9.17) is 0 Å². The summed E-state index contributed by atoms with van der Waals surface area (Å²) in [5, 5.41) is 3.06. The molecule has 2 heterocycles. The van der Waals surface area contributed by atoms with Crippen LogP contribution in [0.1, 0.15) is 6.42 Å². The Morgan fingerprint density at radius 3 is 2.48 bits per heavy atom. The monoisotopic (exact) mass is 314 g/mol. The number of nitrogens with one attached hydrogen (secondary N) is 1. The number of rotatable bonds is 4. The van der Waals surface area contributed by atoms with E-state index in [1.54, 1.807) is 0 Å². The van der Waals surface area contributed by atoms with Gasteiger partial charge in [-0.05, 0) is 18.6 Å². The molecule has 1 aromatic rings. The van der Waals surface area contributed by atoms with Crippen LogP contribution in [0.3, 0.4) is 0 Å². The molecule has 2 amide bonds. The predicted octanol–water partition coefficient (Wildman–Crippen LogP) is 1.78. The van der Waals surface area contributed by atoms with Crippen LogP contribution in [0, 0.1) is 0 Å². The molecule has 0 atom stereocenters. The number of benzene rings is 1. The first-order valence-electron chi connectivity index (χ1n) is 8.53. The third-order valence-corrected chi connectivity index (χ3v) is 4.53. The summed E-state index contributed by atoms with van der Waals surface area (Å²) < 4.78 is 0. The van der Waals surface area contributed by atoms with Crippen molar-refractivity contribution in [1.82, 2.24) is 15.1 Å². The summed E-state index contributed by atoms with van der Waals surface area (Å²) in [4.78, 5) is 18.9. The van der Waals surface area contributed by atoms with Crippen LogP contribution in [-0.2, 0) is 0 Å². The molecule has 1 N–H and O–H groups in total. The Morgan fingerprint density at radius 2 is 1.78 bits per heavy atom. The van der Waals surface area contributed by atoms with Gasteiger partial charge < -0.3 is 15.1 Å². The van der Waals surface area contributed by atoms with E-state index in [9.17, 15) is 4.79 Å². The number of hydrogen-bond acceptors (Lipinski definition) is 3. The van der Waals surface area contributed by atoms with Crippen molar-refractivity contribution < 1.29 is 4.79 Å². The highest BCUT2D eigenvalue weighted by Gasteiger charge is 2.21. The van der Waals surface area contributed by atoms with Crippen molar-refractivity contribution in [3.05, 3.63) is 42.5 Å². The second-order valence-corrected chi connectivity index (χ2v) is 6.10. The Kier molecular flexibility index (Phi) is 5.53. The molecular weight excluding hydrogens is 288 g/mol. The minimum absolute atomic E-state index is 0.0743. The second kappa shape index (κ2) is 8.02. The molecule has 23 heavy (non-hydrogen) atoms. The lowest BCUT2D eigenvalue weighted by Crippen LogP contribution is -2.52. The summed E-state index contributed by atoms with van der Waals surface area (Å²) in [7, 11) is 0. The molecule has 0 saturated carbocycles. The van der Waals surface area contributed by atoms with Crippen LogP contribution in [0.5, 0.6) is 0 Å². The van der Waals surface area contributed by atoms with Crippen molar-refractivity contribution in [1.29, 1.82) is 0 Å². The molecule has 3 rings (SSSR count). The Morgan fingerprint density at radius 1 is 1.00 bits per heavy atom. The molecule has 5 heteroatoms. The average Bonchev–Trinajstić information content (AvgIpc) is 2.63. The summed E-state index contributed by atoms with van der Waals surface area (Å²) >= 11 is 0. The van der Waals surface area contributed by atoms with E-state index in [1.807, 2.05) is 11.0 Å². The first kappa shape index (κ1) is 15.9. The van der Waals surface area contributed by atoms with E-state index in [1.165, 1.54) is 5.69 Å². The third-order valence-electron chi connectivity index (χ3n) is 4.53. The van der Waals surface area contributed by atoms with Gasteiger partial charge in [-0.25, -0.2) is 4.79 Å². The van der Waals surface area contributed by atoms with E-state index < -0.39 is 0 Å². The van der Waals surface area contributed by atoms with E-state index in [0.717, 1.165) is 58.8 Å². The molecule has 1 fully saturated rings. The minimum atomic E-state index is 0.0743. The molecule has 0 aromatic heterocycles. The van der Waals surface area contributed by atoms with Crippen LogP contribution in [0.2, 0.25) is 0 Å². The highest BCUT2D eigenvalue weighted by atomic mass is 16.2. The topological polar surface area (TPSA) is 38.8 Å². The SMILES string of the molecule is O=C(NCCN1CC=CCC1)N1CCN(c2ccccc2)CC1. The largest absolute Gasteiger partial charge is 0.368 e. The van der Waals surface area contributed by atoms with Gasteiger partial charge in [0.25, 0.3) is 0 Å². The zero-order valence-corrected chi connectivity index (χ0v) is 13.7. The Balaban J connectivity index is 1.37. The van der Waals surface area contributed by atoms with E-state index in [2.05, 4.69) is 51.5 Å². The molecule has 0 spiro atoms. The maximum absolute atomic E-state index is 12.2. The van der Waals surface area contributed by atoms with Gasteiger partial charge in [0.15, 0.2) is 0 Å². The summed E-state index contributed by atoms with van der Waals surface area (Å²) in [6, 6.07) is 10.5. The fourth-order valence-electron chi connectivity index (χ4n) is 3.13. The van der Waals surface area contributed by atoms with Crippen molar-refractivity contribution in [2.24, 2.45) is 0 Å². The Hall–Kier alpha value is -2.01. The van der Waals surface area contributed by atoms with Crippen LogP contribution < -0.4 is 10.2 Å². The number of para-hydroxylation sites is 1. The number of nitrogens with zero attached hydrogens (tertiary/aromatic N) is 3. The fraction of sp³-hybridized carbons (Fsp3) is 0.500. The number of urea groups is 1. The maximum Gasteiger partial charge on any atom is 0.317 e. The molecule has 0 unspecified atom stereocenters. The van der Waals surface area contributed by atoms with Crippen LogP contribution in [0.25, 0.3) is 0 Å². The number of carbonyl (C=O) groups is 1. The zero-order chi connectivity index (χ0) is 15.9. The lowest BCUT2D eigenvalue weighted by Gasteiger charge is -2.36. The number of anilines is 1. The van der Waals surface area contributed by atoms with Gasteiger partial charge in [0.1, 0.15) is 0 Å². The first-order valence-corrected chi connectivity index (χ1v) is 8.53. The van der Waals surface area contributed by atoms with Gasteiger partial charge in [-0.1, -0.05) is 30.4 Å². The number of carbonyl (C=O) groups excluding carboxylic acids is 1. The molecule has 2 aliphatic heterocycles. The van der Waals surface area contributed by atoms with Gasteiger partial charge >= 0.3 is 6.03 Å². The first-order chi connectivity index (χ1) is 11.3. The van der Waals surface area contributed by atoms with Crippen LogP contribution in [-0.4, -0.2) is 68.2 Å². The Bertz CT molecular complexity index is 523. The van der Waals surface area contributed by atoms with Crippen molar-refractivity contribution in [2.75, 3.05) is 57.3 Å². The summed E-state index contributed by atoms with van der Waals surface area (Å²) in [5.41, 5.74) is 1.24. The summed E-state index contributed by atoms with van der Waals surface area (Å²) in [6.45, 7) is 7.13. The third kappa shape index (κ3) is 4.48. The molecule has 2 aliphatic rings. The molecule has 0 radical (unpaired) electrons. The van der Waals surface area contributed by atoms with Gasteiger partial charge in [0.05, 0.1) is 0 Å². The average molecular weight is 314 g/mol. The fourth-order valence-corrected chi connectivity index (χ4v) is 3.13. The highest BCUT2D eigenvalue weighted by Crippen LogP contribution is 2.15. The van der Waals surface area contributed by atoms with Gasteiger partial charge in [0.2, 0.25) is 0 Å². The summed E-state index contributed by atoms with van der Waals surface area (Å²) in [6.07, 6.45) is 5.55. The van der Waals surface area contributed by atoms with Gasteiger partial charge in [-0.3, -0.25) is 4.90 Å². The predicted molar refractivity (Wildman–Crippen MR) is 93.8 cm³/mol. The van der Waals surface area contributed by atoms with E-state index >= 15 is 0 Å².